The fraction of sp³-hybridized carbons (Fsp3) is 0.414. The topological polar surface area (TPSA) is 91.5 Å². The number of nitrogens with one attached hydrogen (secondary N) is 1. The Balaban J connectivity index is 1.30. The molecule has 0 bridgehead atoms. The summed E-state index contributed by atoms with van der Waals surface area (Å²) in [5, 5.41) is 3.63. The molecule has 1 saturated carbocycles. The molecule has 3 aromatic heterocycles. The lowest BCUT2D eigenvalue weighted by atomic mass is 10.0. The van der Waals surface area contributed by atoms with Crippen molar-refractivity contribution in [2.24, 2.45) is 4.36 Å². The Morgan fingerprint density at radius 2 is 1.75 bits per heavy atom. The maximum atomic E-state index is 15.7. The van der Waals surface area contributed by atoms with Gasteiger partial charge in [0.2, 0.25) is 5.95 Å². The summed E-state index contributed by atoms with van der Waals surface area (Å²) in [5.41, 5.74) is 3.05. The van der Waals surface area contributed by atoms with Gasteiger partial charge in [-0.1, -0.05) is 6.07 Å². The highest BCUT2D eigenvalue weighted by Crippen LogP contribution is 2.45. The quantitative estimate of drug-likeness (QED) is 0.320. The van der Waals surface area contributed by atoms with Crippen molar-refractivity contribution in [1.29, 1.82) is 0 Å². The van der Waals surface area contributed by atoms with Gasteiger partial charge in [0, 0.05) is 64.9 Å². The van der Waals surface area contributed by atoms with Crippen molar-refractivity contribution < 1.29 is 8.60 Å². The molecule has 1 aliphatic carbocycles. The molecule has 0 atom stereocenters. The van der Waals surface area contributed by atoms with Crippen molar-refractivity contribution in [3.63, 3.8) is 0 Å². The van der Waals surface area contributed by atoms with Gasteiger partial charge in [0.25, 0.3) is 0 Å². The molecule has 1 aromatic carbocycles. The van der Waals surface area contributed by atoms with Gasteiger partial charge in [0.1, 0.15) is 5.82 Å². The molecule has 9 nitrogen and oxygen atoms in total. The molecule has 0 unspecified atom stereocenters. The molecule has 0 amide bonds. The van der Waals surface area contributed by atoms with E-state index < -0.39 is 9.73 Å². The zero-order valence-electron chi connectivity index (χ0n) is 23.3. The first-order valence-electron chi connectivity index (χ1n) is 13.7. The first-order valence-corrected chi connectivity index (χ1v) is 16.0. The van der Waals surface area contributed by atoms with Crippen molar-refractivity contribution in [1.82, 2.24) is 24.4 Å². The van der Waals surface area contributed by atoms with Gasteiger partial charge in [0.15, 0.2) is 17.3 Å². The Labute approximate surface area is 234 Å². The highest BCUT2D eigenvalue weighted by atomic mass is 32.2. The maximum Gasteiger partial charge on any atom is 0.229 e. The number of benzene rings is 1. The number of fused-ring (bicyclic) bond motifs is 1. The van der Waals surface area contributed by atoms with Gasteiger partial charge in [-0.05, 0) is 76.2 Å². The Kier molecular flexibility index (Phi) is 6.95. The second kappa shape index (κ2) is 10.4. The molecule has 2 fully saturated rings. The second-order valence-corrected chi connectivity index (χ2v) is 13.8. The second-order valence-electron chi connectivity index (χ2n) is 11.2. The molecule has 1 N–H and O–H groups in total. The zero-order chi connectivity index (χ0) is 28.0. The van der Waals surface area contributed by atoms with E-state index in [0.29, 0.717) is 40.4 Å². The van der Waals surface area contributed by atoms with Crippen molar-refractivity contribution in [3.8, 4) is 5.82 Å². The summed E-state index contributed by atoms with van der Waals surface area (Å²) in [6, 6.07) is 14.2. The Bertz CT molecular complexity index is 1660. The van der Waals surface area contributed by atoms with Crippen LogP contribution >= 0.6 is 0 Å². The van der Waals surface area contributed by atoms with Gasteiger partial charge < -0.3 is 15.1 Å². The lowest BCUT2D eigenvalue weighted by Crippen LogP contribution is -2.41. The van der Waals surface area contributed by atoms with Crippen LogP contribution < -0.4 is 10.2 Å². The van der Waals surface area contributed by atoms with E-state index in [-0.39, 0.29) is 11.7 Å². The number of piperidine rings is 1. The van der Waals surface area contributed by atoms with E-state index in [1.54, 1.807) is 35.3 Å². The number of aromatic nitrogens is 4. The van der Waals surface area contributed by atoms with E-state index in [0.717, 1.165) is 44.5 Å². The molecule has 11 heteroatoms. The highest BCUT2D eigenvalue weighted by Gasteiger charge is 2.34. The van der Waals surface area contributed by atoms with Crippen LogP contribution in [-0.2, 0) is 9.73 Å². The van der Waals surface area contributed by atoms with E-state index in [1.165, 1.54) is 11.9 Å². The van der Waals surface area contributed by atoms with Gasteiger partial charge >= 0.3 is 0 Å². The largest absolute Gasteiger partial charge is 0.371 e. The van der Waals surface area contributed by atoms with Crippen molar-refractivity contribution >= 4 is 43.9 Å². The molecular weight excluding hydrogens is 527 g/mol. The van der Waals surface area contributed by atoms with Crippen molar-refractivity contribution in [3.05, 3.63) is 60.2 Å². The average Bonchev–Trinajstić information content (AvgIpc) is 3.72. The van der Waals surface area contributed by atoms with Gasteiger partial charge in [-0.25, -0.2) is 18.6 Å². The summed E-state index contributed by atoms with van der Waals surface area (Å²) in [5.74, 6) is 0.997. The summed E-state index contributed by atoms with van der Waals surface area (Å²) < 4.78 is 33.9. The SMILES string of the molecule is CN(C)C1CCN(c2ccc(Nc3ncc4c(F)c(C5CC5)n(-c5cccc(N=S(C)(C)=O)n5)c4n3)cc2)CC1. The minimum atomic E-state index is -2.40. The van der Waals surface area contributed by atoms with Crippen LogP contribution in [0, 0.1) is 5.82 Å². The number of anilines is 3. The summed E-state index contributed by atoms with van der Waals surface area (Å²) in [4.78, 5) is 18.5. The van der Waals surface area contributed by atoms with E-state index in [9.17, 15) is 4.21 Å². The minimum absolute atomic E-state index is 0.102. The fourth-order valence-electron chi connectivity index (χ4n) is 5.40. The van der Waals surface area contributed by atoms with Crippen LogP contribution in [0.4, 0.5) is 27.5 Å². The van der Waals surface area contributed by atoms with Gasteiger partial charge in [-0.15, -0.1) is 0 Å². The molecule has 6 rings (SSSR count). The Hall–Kier alpha value is -3.57. The number of nitrogens with zero attached hydrogens (tertiary/aromatic N) is 7. The first kappa shape index (κ1) is 26.6. The summed E-state index contributed by atoms with van der Waals surface area (Å²) >= 11 is 0. The number of rotatable bonds is 7. The molecular formula is C29H35FN8OS. The molecule has 40 heavy (non-hydrogen) atoms. The zero-order valence-corrected chi connectivity index (χ0v) is 24.2. The number of halogens is 1. The van der Waals surface area contributed by atoms with Crippen LogP contribution in [0.1, 0.15) is 37.3 Å². The summed E-state index contributed by atoms with van der Waals surface area (Å²) in [7, 11) is 1.91. The Morgan fingerprint density at radius 3 is 2.40 bits per heavy atom. The van der Waals surface area contributed by atoms with Crippen LogP contribution in [0.15, 0.2) is 53.0 Å². The molecule has 1 aliphatic heterocycles. The lowest BCUT2D eigenvalue weighted by Gasteiger charge is -2.36. The van der Waals surface area contributed by atoms with Crippen molar-refractivity contribution in [2.45, 2.75) is 37.6 Å². The highest BCUT2D eigenvalue weighted by molar-refractivity contribution is 7.92. The van der Waals surface area contributed by atoms with Gasteiger partial charge in [0.05, 0.1) is 11.1 Å². The summed E-state index contributed by atoms with van der Waals surface area (Å²) in [6.07, 6.45) is 8.78. The fourth-order valence-corrected chi connectivity index (χ4v) is 5.95. The maximum absolute atomic E-state index is 15.7. The normalized spacial score (nSPS) is 16.6. The predicted molar refractivity (Wildman–Crippen MR) is 159 cm³/mol. The third-order valence-electron chi connectivity index (χ3n) is 7.59. The molecule has 2 aliphatic rings. The lowest BCUT2D eigenvalue weighted by molar-refractivity contribution is 0.249. The number of pyridine rings is 1. The van der Waals surface area contributed by atoms with Crippen LogP contribution in [0.25, 0.3) is 16.9 Å². The van der Waals surface area contributed by atoms with Crippen LogP contribution in [-0.4, -0.2) is 74.4 Å². The monoisotopic (exact) mass is 562 g/mol. The molecule has 0 spiro atoms. The smallest absolute Gasteiger partial charge is 0.229 e. The standard InChI is InChI=1S/C29H35FN8OS/c1-36(2)21-14-16-37(17-15-21)22-12-10-20(11-13-22)32-29-31-18-23-26(30)27(19-8-9-19)38(28(23)34-29)25-7-5-6-24(33-25)35-40(3,4)39/h5-7,10-13,18-19,21H,8-9,14-17H2,1-4H3,(H,31,32,34). The molecule has 1 saturated heterocycles. The van der Waals surface area contributed by atoms with Gasteiger partial charge in [-0.2, -0.15) is 9.35 Å². The third-order valence-corrected chi connectivity index (χ3v) is 8.22. The van der Waals surface area contributed by atoms with E-state index >= 15 is 4.39 Å². The summed E-state index contributed by atoms with van der Waals surface area (Å²) in [6.45, 7) is 2.08. The van der Waals surface area contributed by atoms with Crippen LogP contribution in [0.2, 0.25) is 0 Å². The van der Waals surface area contributed by atoms with Gasteiger partial charge in [-0.3, -0.25) is 4.57 Å². The molecule has 4 aromatic rings. The van der Waals surface area contributed by atoms with Crippen molar-refractivity contribution in [2.75, 3.05) is 49.9 Å². The van der Waals surface area contributed by atoms with E-state index in [4.69, 9.17) is 4.98 Å². The minimum Gasteiger partial charge on any atom is -0.371 e. The molecule has 210 valence electrons. The van der Waals surface area contributed by atoms with Crippen LogP contribution in [0.5, 0.6) is 0 Å². The average molecular weight is 563 g/mol. The van der Waals surface area contributed by atoms with E-state index in [1.807, 2.05) is 12.1 Å². The number of hydrogen-bond donors (Lipinski definition) is 1. The number of hydrogen-bond acceptors (Lipinski definition) is 8. The Morgan fingerprint density at radius 1 is 1.02 bits per heavy atom. The third kappa shape index (κ3) is 5.53. The van der Waals surface area contributed by atoms with E-state index in [2.05, 4.69) is 55.7 Å². The molecule has 4 heterocycles. The molecule has 0 radical (unpaired) electrons. The van der Waals surface area contributed by atoms with Crippen LogP contribution in [0.3, 0.4) is 0 Å². The first-order chi connectivity index (χ1) is 19.2. The predicted octanol–water partition coefficient (Wildman–Crippen LogP) is 5.47.